The Morgan fingerprint density at radius 2 is 2.12 bits per heavy atom. The van der Waals surface area contributed by atoms with Crippen molar-refractivity contribution in [1.29, 1.82) is 0 Å². The summed E-state index contributed by atoms with van der Waals surface area (Å²) in [6.07, 6.45) is 8.05. The second kappa shape index (κ2) is 5.63. The molecule has 0 bridgehead atoms. The van der Waals surface area contributed by atoms with Crippen LogP contribution >= 0.6 is 0 Å². The van der Waals surface area contributed by atoms with Crippen molar-refractivity contribution in [2.45, 2.75) is 30.7 Å². The van der Waals surface area contributed by atoms with Crippen LogP contribution in [0.4, 0.5) is 0 Å². The summed E-state index contributed by atoms with van der Waals surface area (Å²) in [5.74, 6) is 0.868. The van der Waals surface area contributed by atoms with Gasteiger partial charge >= 0.3 is 0 Å². The minimum Gasteiger partial charge on any atom is -0.504 e. The summed E-state index contributed by atoms with van der Waals surface area (Å²) in [5, 5.41) is 11.0. The second-order valence-corrected chi connectivity index (χ2v) is 7.11. The third-order valence-corrected chi connectivity index (χ3v) is 5.89. The molecule has 5 nitrogen and oxygen atoms in total. The van der Waals surface area contributed by atoms with Gasteiger partial charge in [0.2, 0.25) is 5.78 Å². The molecule has 0 radical (unpaired) electrons. The van der Waals surface area contributed by atoms with E-state index < -0.39 is 5.41 Å². The van der Waals surface area contributed by atoms with Crippen molar-refractivity contribution in [3.63, 3.8) is 0 Å². The Kier molecular flexibility index (Phi) is 3.65. The lowest BCUT2D eigenvalue weighted by molar-refractivity contribution is -0.114. The van der Waals surface area contributed by atoms with Gasteiger partial charge in [0.05, 0.1) is 14.2 Å². The average molecular weight is 341 g/mol. The van der Waals surface area contributed by atoms with Crippen molar-refractivity contribution in [3.8, 4) is 11.5 Å². The van der Waals surface area contributed by atoms with E-state index in [4.69, 9.17) is 9.47 Å². The molecule has 1 aliphatic heterocycles. The molecule has 0 saturated heterocycles. The van der Waals surface area contributed by atoms with E-state index in [2.05, 4.69) is 11.9 Å². The molecule has 0 aromatic heterocycles. The molecule has 1 N–H and O–H groups in total. The predicted molar refractivity (Wildman–Crippen MR) is 93.9 cm³/mol. The van der Waals surface area contributed by atoms with Gasteiger partial charge in [0.1, 0.15) is 0 Å². The van der Waals surface area contributed by atoms with Crippen LogP contribution in [0.2, 0.25) is 0 Å². The smallest absolute Gasteiger partial charge is 0.219 e. The molecule has 25 heavy (non-hydrogen) atoms. The Bertz CT molecular complexity index is 810. The molecule has 2 aliphatic carbocycles. The molecule has 132 valence electrons. The van der Waals surface area contributed by atoms with Gasteiger partial charge in [-0.25, -0.2) is 0 Å². The van der Waals surface area contributed by atoms with Crippen LogP contribution < -0.4 is 4.74 Å². The standard InChI is InChI=1S/C20H23NO4/c1-21-9-6-12-10-15(24-2)19(23)18-17(12)13(21)4-7-20(18)8-5-14(22)16(11-20)25-3/h5,8,10-11,13,23H,4,6-7,9H2,1-3H3/t13-,20-/m1/s1. The number of phenolic OH excluding ortho intramolecular Hbond substituents is 1. The number of carbonyl (C=O) groups excluding carboxylic acids is 1. The minimum absolute atomic E-state index is 0.136. The van der Waals surface area contributed by atoms with E-state index in [0.717, 1.165) is 31.4 Å². The van der Waals surface area contributed by atoms with Gasteiger partial charge < -0.3 is 14.6 Å². The molecule has 0 amide bonds. The van der Waals surface area contributed by atoms with Crippen LogP contribution in [0.25, 0.3) is 0 Å². The van der Waals surface area contributed by atoms with Crippen LogP contribution in [0.1, 0.15) is 35.6 Å². The molecular formula is C20H23NO4. The van der Waals surface area contributed by atoms with E-state index in [1.807, 2.05) is 18.2 Å². The van der Waals surface area contributed by atoms with Crippen molar-refractivity contribution < 1.29 is 19.4 Å². The lowest BCUT2D eigenvalue weighted by Gasteiger charge is -2.46. The highest BCUT2D eigenvalue weighted by molar-refractivity contribution is 6.04. The van der Waals surface area contributed by atoms with E-state index in [0.29, 0.717) is 11.5 Å². The topological polar surface area (TPSA) is 59.0 Å². The SMILES string of the molecule is COC1=C[C@]2(C=CC1=O)CC[C@@H]1c3c(cc(OC)c(O)c32)CCN1C. The van der Waals surface area contributed by atoms with Crippen LogP contribution in [-0.2, 0) is 21.4 Å². The summed E-state index contributed by atoms with van der Waals surface area (Å²) in [6.45, 7) is 0.992. The molecule has 3 aliphatic rings. The monoisotopic (exact) mass is 341 g/mol. The first-order chi connectivity index (χ1) is 12.0. The number of allylic oxidation sites excluding steroid dienone is 3. The van der Waals surface area contributed by atoms with Crippen molar-refractivity contribution in [1.82, 2.24) is 4.90 Å². The molecule has 2 atom stereocenters. The summed E-state index contributed by atoms with van der Waals surface area (Å²) < 4.78 is 10.7. The van der Waals surface area contributed by atoms with Crippen molar-refractivity contribution in [3.05, 3.63) is 46.7 Å². The third-order valence-electron chi connectivity index (χ3n) is 5.89. The van der Waals surface area contributed by atoms with E-state index in [-0.39, 0.29) is 17.6 Å². The Labute approximate surface area is 147 Å². The number of carbonyl (C=O) groups is 1. The molecule has 1 heterocycles. The fourth-order valence-corrected chi connectivity index (χ4v) is 4.60. The van der Waals surface area contributed by atoms with Gasteiger partial charge in [-0.05, 0) is 55.7 Å². The summed E-state index contributed by atoms with van der Waals surface area (Å²) >= 11 is 0. The van der Waals surface area contributed by atoms with Gasteiger partial charge in [-0.15, -0.1) is 0 Å². The van der Waals surface area contributed by atoms with Crippen LogP contribution in [0.5, 0.6) is 11.5 Å². The molecule has 1 aromatic rings. The molecule has 1 aromatic carbocycles. The highest BCUT2D eigenvalue weighted by Gasteiger charge is 2.45. The molecule has 0 unspecified atom stereocenters. The fraction of sp³-hybridized carbons (Fsp3) is 0.450. The first-order valence-electron chi connectivity index (χ1n) is 8.64. The van der Waals surface area contributed by atoms with E-state index in [1.54, 1.807) is 13.2 Å². The zero-order valence-electron chi connectivity index (χ0n) is 14.8. The van der Waals surface area contributed by atoms with Crippen LogP contribution in [0, 0.1) is 0 Å². The highest BCUT2D eigenvalue weighted by atomic mass is 16.5. The van der Waals surface area contributed by atoms with Gasteiger partial charge in [0, 0.05) is 23.6 Å². The first kappa shape index (κ1) is 16.2. The molecule has 4 rings (SSSR count). The fourth-order valence-electron chi connectivity index (χ4n) is 4.60. The maximum absolute atomic E-state index is 12.0. The van der Waals surface area contributed by atoms with Crippen LogP contribution in [-0.4, -0.2) is 43.6 Å². The lowest BCUT2D eigenvalue weighted by atomic mass is 9.64. The number of rotatable bonds is 2. The highest BCUT2D eigenvalue weighted by Crippen LogP contribution is 2.55. The van der Waals surface area contributed by atoms with Gasteiger partial charge in [0.25, 0.3) is 0 Å². The van der Waals surface area contributed by atoms with Crippen molar-refractivity contribution in [2.75, 3.05) is 27.8 Å². The number of benzene rings is 1. The number of phenols is 1. The normalized spacial score (nSPS) is 27.9. The first-order valence-corrected chi connectivity index (χ1v) is 8.64. The van der Waals surface area contributed by atoms with Crippen molar-refractivity contribution >= 4 is 5.78 Å². The van der Waals surface area contributed by atoms with Gasteiger partial charge in [-0.1, -0.05) is 6.08 Å². The summed E-state index contributed by atoms with van der Waals surface area (Å²) in [5.41, 5.74) is 2.74. The molecule has 1 spiro atoms. The number of ether oxygens (including phenoxy) is 2. The molecular weight excluding hydrogens is 318 g/mol. The van der Waals surface area contributed by atoms with E-state index >= 15 is 0 Å². The minimum atomic E-state index is -0.531. The molecule has 0 fully saturated rings. The second-order valence-electron chi connectivity index (χ2n) is 7.11. The Hall–Kier alpha value is -2.27. The maximum Gasteiger partial charge on any atom is 0.219 e. The number of hydrogen-bond acceptors (Lipinski definition) is 5. The van der Waals surface area contributed by atoms with Gasteiger partial charge in [0.15, 0.2) is 17.3 Å². The van der Waals surface area contributed by atoms with E-state index in [9.17, 15) is 9.90 Å². The number of aromatic hydroxyl groups is 1. The largest absolute Gasteiger partial charge is 0.504 e. The van der Waals surface area contributed by atoms with Gasteiger partial charge in [-0.3, -0.25) is 9.69 Å². The van der Waals surface area contributed by atoms with Gasteiger partial charge in [-0.2, -0.15) is 0 Å². The third kappa shape index (κ3) is 2.22. The Balaban J connectivity index is 2.01. The summed E-state index contributed by atoms with van der Waals surface area (Å²) in [7, 11) is 5.22. The summed E-state index contributed by atoms with van der Waals surface area (Å²) in [4.78, 5) is 14.4. The Morgan fingerprint density at radius 1 is 1.32 bits per heavy atom. The Morgan fingerprint density at radius 3 is 2.84 bits per heavy atom. The van der Waals surface area contributed by atoms with E-state index in [1.165, 1.54) is 18.2 Å². The zero-order chi connectivity index (χ0) is 17.8. The summed E-state index contributed by atoms with van der Waals surface area (Å²) in [6, 6.07) is 2.25. The molecule has 0 saturated carbocycles. The maximum atomic E-state index is 12.0. The number of methoxy groups -OCH3 is 2. The molecule has 5 heteroatoms. The number of ketones is 1. The van der Waals surface area contributed by atoms with Crippen LogP contribution in [0.3, 0.4) is 0 Å². The number of fused-ring (bicyclic) bond motifs is 1. The number of hydrogen-bond donors (Lipinski definition) is 1. The zero-order valence-corrected chi connectivity index (χ0v) is 14.8. The quantitative estimate of drug-likeness (QED) is 0.896. The van der Waals surface area contributed by atoms with Crippen molar-refractivity contribution in [2.24, 2.45) is 0 Å². The average Bonchev–Trinajstić information content (AvgIpc) is 2.62. The number of nitrogens with zero attached hydrogens (tertiary/aromatic N) is 1. The predicted octanol–water partition coefficient (Wildman–Crippen LogP) is 2.63. The van der Waals surface area contributed by atoms with Crippen LogP contribution in [0.15, 0.2) is 30.1 Å². The lowest BCUT2D eigenvalue weighted by Crippen LogP contribution is -2.41. The number of likely N-dealkylation sites (N-methyl/N-ethyl adjacent to an activating group) is 1.